The Balaban J connectivity index is 1.88. The molecule has 1 aliphatic rings. The summed E-state index contributed by atoms with van der Waals surface area (Å²) in [6.45, 7) is 2.65. The molecular weight excluding hydrogens is 408 g/mol. The van der Waals surface area contributed by atoms with E-state index in [-0.39, 0.29) is 11.3 Å². The van der Waals surface area contributed by atoms with E-state index in [1.165, 1.54) is 4.90 Å². The number of carbonyl (C=O) groups excluding carboxylic acids is 2. The highest BCUT2D eigenvalue weighted by Gasteiger charge is 2.46. The quantitative estimate of drug-likeness (QED) is 0.254. The van der Waals surface area contributed by atoms with Crippen molar-refractivity contribution in [3.63, 3.8) is 0 Å². The van der Waals surface area contributed by atoms with Gasteiger partial charge in [0, 0.05) is 48.5 Å². The van der Waals surface area contributed by atoms with Crippen molar-refractivity contribution < 1.29 is 24.2 Å². The summed E-state index contributed by atoms with van der Waals surface area (Å²) < 4.78 is 10.4. The number of aliphatic hydroxyl groups excluding tert-OH is 1. The average Bonchev–Trinajstić information content (AvgIpc) is 3.33. The fourth-order valence-electron chi connectivity index (χ4n) is 4.31. The molecule has 0 bridgehead atoms. The van der Waals surface area contributed by atoms with Crippen molar-refractivity contribution in [2.45, 2.75) is 19.4 Å². The maximum Gasteiger partial charge on any atom is 0.295 e. The number of ether oxygens (including phenoxy) is 2. The molecule has 2 heterocycles. The third-order valence-electron chi connectivity index (χ3n) is 5.87. The predicted octanol–water partition coefficient (Wildman–Crippen LogP) is 3.94. The SMILES string of the molecule is COCCCN1C(=O)C(=O)/C(=C(/O)c2ccc(OC)c(C)c2)C1c1c[nH]c2ccccc12. The summed E-state index contributed by atoms with van der Waals surface area (Å²) in [6, 6.07) is 12.2. The molecule has 1 atom stereocenters. The average molecular weight is 434 g/mol. The third kappa shape index (κ3) is 3.65. The molecule has 7 nitrogen and oxygen atoms in total. The number of nitrogens with zero attached hydrogens (tertiary/aromatic N) is 1. The van der Waals surface area contributed by atoms with Gasteiger partial charge in [0.2, 0.25) is 0 Å². The Hall–Kier alpha value is -3.58. The highest BCUT2D eigenvalue weighted by molar-refractivity contribution is 6.46. The van der Waals surface area contributed by atoms with Crippen LogP contribution in [0.3, 0.4) is 0 Å². The number of methoxy groups -OCH3 is 2. The molecule has 3 aromatic rings. The Morgan fingerprint density at radius 2 is 1.94 bits per heavy atom. The number of amides is 1. The monoisotopic (exact) mass is 434 g/mol. The number of nitrogens with one attached hydrogen (secondary N) is 1. The van der Waals surface area contributed by atoms with E-state index in [0.29, 0.717) is 30.9 Å². The number of aromatic amines is 1. The van der Waals surface area contributed by atoms with Gasteiger partial charge >= 0.3 is 0 Å². The predicted molar refractivity (Wildman–Crippen MR) is 122 cm³/mol. The van der Waals surface area contributed by atoms with E-state index in [4.69, 9.17) is 9.47 Å². The molecule has 1 saturated heterocycles. The van der Waals surface area contributed by atoms with Gasteiger partial charge in [0.25, 0.3) is 11.7 Å². The van der Waals surface area contributed by atoms with Crippen LogP contribution in [-0.4, -0.2) is 54.1 Å². The van der Waals surface area contributed by atoms with Gasteiger partial charge in [0.05, 0.1) is 18.7 Å². The molecule has 0 radical (unpaired) electrons. The van der Waals surface area contributed by atoms with Crippen molar-refractivity contribution in [3.8, 4) is 5.75 Å². The number of fused-ring (bicyclic) bond motifs is 1. The first-order valence-electron chi connectivity index (χ1n) is 10.5. The first-order chi connectivity index (χ1) is 15.5. The number of likely N-dealkylation sites (tertiary alicyclic amines) is 1. The number of aryl methyl sites for hydroxylation is 1. The Kier molecular flexibility index (Phi) is 6.01. The first-order valence-corrected chi connectivity index (χ1v) is 10.5. The van der Waals surface area contributed by atoms with Crippen molar-refractivity contribution in [2.75, 3.05) is 27.4 Å². The van der Waals surface area contributed by atoms with E-state index in [0.717, 1.165) is 22.0 Å². The minimum Gasteiger partial charge on any atom is -0.507 e. The number of benzene rings is 2. The van der Waals surface area contributed by atoms with Gasteiger partial charge in [-0.15, -0.1) is 0 Å². The normalized spacial score (nSPS) is 18.0. The van der Waals surface area contributed by atoms with Crippen molar-refractivity contribution >= 4 is 28.4 Å². The molecule has 0 aliphatic carbocycles. The van der Waals surface area contributed by atoms with Crippen LogP contribution < -0.4 is 4.74 Å². The number of aliphatic hydroxyl groups is 1. The number of hydrogen-bond donors (Lipinski definition) is 2. The Labute approximate surface area is 186 Å². The molecule has 1 unspecified atom stereocenters. The van der Waals surface area contributed by atoms with Crippen LogP contribution >= 0.6 is 0 Å². The molecule has 166 valence electrons. The molecule has 0 spiro atoms. The first kappa shape index (κ1) is 21.6. The second-order valence-corrected chi connectivity index (χ2v) is 7.81. The van der Waals surface area contributed by atoms with Crippen LogP contribution in [0.15, 0.2) is 54.2 Å². The van der Waals surface area contributed by atoms with E-state index >= 15 is 0 Å². The van der Waals surface area contributed by atoms with E-state index in [2.05, 4.69) is 4.98 Å². The molecule has 4 rings (SSSR count). The second-order valence-electron chi connectivity index (χ2n) is 7.81. The van der Waals surface area contributed by atoms with Crippen LogP contribution in [-0.2, 0) is 14.3 Å². The van der Waals surface area contributed by atoms with Gasteiger partial charge in [0.15, 0.2) is 0 Å². The summed E-state index contributed by atoms with van der Waals surface area (Å²) in [7, 11) is 3.17. The topological polar surface area (TPSA) is 91.9 Å². The van der Waals surface area contributed by atoms with Crippen LogP contribution in [0.1, 0.15) is 29.2 Å². The number of H-pyrrole nitrogens is 1. The molecule has 1 aliphatic heterocycles. The summed E-state index contributed by atoms with van der Waals surface area (Å²) in [5, 5.41) is 12.1. The maximum atomic E-state index is 13.1. The molecule has 1 aromatic heterocycles. The highest BCUT2D eigenvalue weighted by atomic mass is 16.5. The second kappa shape index (κ2) is 8.88. The minimum absolute atomic E-state index is 0.0849. The number of Topliss-reactive ketones (excluding diaryl/α,β-unsaturated/α-hetero) is 1. The summed E-state index contributed by atoms with van der Waals surface area (Å²) >= 11 is 0. The summed E-state index contributed by atoms with van der Waals surface area (Å²) in [6.07, 6.45) is 2.38. The molecule has 2 N–H and O–H groups in total. The van der Waals surface area contributed by atoms with Crippen molar-refractivity contribution in [3.05, 3.63) is 70.9 Å². The van der Waals surface area contributed by atoms with Gasteiger partial charge in [-0.25, -0.2) is 0 Å². The Bertz CT molecular complexity index is 1210. The van der Waals surface area contributed by atoms with Gasteiger partial charge in [0.1, 0.15) is 11.5 Å². The van der Waals surface area contributed by atoms with Crippen LogP contribution in [0.2, 0.25) is 0 Å². The lowest BCUT2D eigenvalue weighted by Gasteiger charge is -2.24. The molecule has 1 amide bonds. The number of carbonyl (C=O) groups is 2. The lowest BCUT2D eigenvalue weighted by molar-refractivity contribution is -0.140. The van der Waals surface area contributed by atoms with Gasteiger partial charge in [-0.2, -0.15) is 0 Å². The molecule has 2 aromatic carbocycles. The lowest BCUT2D eigenvalue weighted by atomic mass is 9.94. The lowest BCUT2D eigenvalue weighted by Crippen LogP contribution is -2.31. The van der Waals surface area contributed by atoms with Crippen LogP contribution in [0.4, 0.5) is 0 Å². The molecule has 0 saturated carbocycles. The molecule has 1 fully saturated rings. The number of rotatable bonds is 7. The summed E-state index contributed by atoms with van der Waals surface area (Å²) in [4.78, 5) is 30.9. The van der Waals surface area contributed by atoms with E-state index in [1.54, 1.807) is 38.6 Å². The summed E-state index contributed by atoms with van der Waals surface area (Å²) in [5.41, 5.74) is 3.02. The third-order valence-corrected chi connectivity index (χ3v) is 5.87. The molecule has 7 heteroatoms. The van der Waals surface area contributed by atoms with E-state index in [1.807, 2.05) is 31.2 Å². The number of para-hydroxylation sites is 1. The van der Waals surface area contributed by atoms with Gasteiger partial charge in [-0.3, -0.25) is 9.59 Å². The standard InChI is InChI=1S/C25H26N2O5/c1-15-13-16(9-10-20(15)32-3)23(28)21-22(18-14-26-19-8-5-4-7-17(18)19)27(11-6-12-31-2)25(30)24(21)29/h4-5,7-10,13-14,22,26,28H,6,11-12H2,1-3H3/b23-21+. The van der Waals surface area contributed by atoms with Crippen LogP contribution in [0, 0.1) is 6.92 Å². The highest BCUT2D eigenvalue weighted by Crippen LogP contribution is 2.42. The molecular formula is C25H26N2O5. The smallest absolute Gasteiger partial charge is 0.295 e. The van der Waals surface area contributed by atoms with Crippen LogP contribution in [0.25, 0.3) is 16.7 Å². The van der Waals surface area contributed by atoms with Gasteiger partial charge < -0.3 is 24.5 Å². The number of aromatic nitrogens is 1. The molecule has 32 heavy (non-hydrogen) atoms. The van der Waals surface area contributed by atoms with Gasteiger partial charge in [-0.1, -0.05) is 18.2 Å². The zero-order chi connectivity index (χ0) is 22.8. The Morgan fingerprint density at radius 1 is 1.16 bits per heavy atom. The number of ketones is 1. The van der Waals surface area contributed by atoms with Crippen molar-refractivity contribution in [2.24, 2.45) is 0 Å². The van der Waals surface area contributed by atoms with Gasteiger partial charge in [-0.05, 0) is 43.2 Å². The van der Waals surface area contributed by atoms with Crippen LogP contribution in [0.5, 0.6) is 5.75 Å². The minimum atomic E-state index is -0.703. The maximum absolute atomic E-state index is 13.1. The van der Waals surface area contributed by atoms with E-state index < -0.39 is 17.7 Å². The fourth-order valence-corrected chi connectivity index (χ4v) is 4.31. The number of hydrogen-bond acceptors (Lipinski definition) is 5. The zero-order valence-electron chi connectivity index (χ0n) is 18.3. The van der Waals surface area contributed by atoms with Crippen molar-refractivity contribution in [1.82, 2.24) is 9.88 Å². The summed E-state index contributed by atoms with van der Waals surface area (Å²) in [5.74, 6) is -0.833. The van der Waals surface area contributed by atoms with E-state index in [9.17, 15) is 14.7 Å². The largest absolute Gasteiger partial charge is 0.507 e. The fraction of sp³-hybridized carbons (Fsp3) is 0.280. The Morgan fingerprint density at radius 3 is 2.66 bits per heavy atom. The zero-order valence-corrected chi connectivity index (χ0v) is 18.3. The van der Waals surface area contributed by atoms with Crippen molar-refractivity contribution in [1.29, 1.82) is 0 Å².